The van der Waals surface area contributed by atoms with Crippen molar-refractivity contribution in [2.45, 2.75) is 32.1 Å². The highest BCUT2D eigenvalue weighted by Crippen LogP contribution is 2.32. The lowest BCUT2D eigenvalue weighted by Crippen LogP contribution is -2.30. The minimum atomic E-state index is 0.102. The Morgan fingerprint density at radius 1 is 1.50 bits per heavy atom. The molecule has 0 saturated carbocycles. The Morgan fingerprint density at radius 3 is 3.05 bits per heavy atom. The molecule has 4 nitrogen and oxygen atoms in total. The van der Waals surface area contributed by atoms with Crippen LogP contribution in [-0.2, 0) is 4.79 Å². The van der Waals surface area contributed by atoms with Crippen LogP contribution >= 0.6 is 0 Å². The first kappa shape index (κ1) is 14.9. The third-order valence-corrected chi connectivity index (χ3v) is 4.07. The Morgan fingerprint density at radius 2 is 2.30 bits per heavy atom. The van der Waals surface area contributed by atoms with E-state index in [9.17, 15) is 4.79 Å². The molecule has 2 rings (SSSR count). The zero-order valence-corrected chi connectivity index (χ0v) is 12.1. The van der Waals surface area contributed by atoms with Gasteiger partial charge in [-0.25, -0.2) is 0 Å². The molecule has 1 aliphatic heterocycles. The fraction of sp³-hybridized carbons (Fsp3) is 0.562. The fourth-order valence-electron chi connectivity index (χ4n) is 2.73. The molecule has 3 N–H and O–H groups in total. The number of hydrogen-bond donors (Lipinski definition) is 3. The van der Waals surface area contributed by atoms with Crippen molar-refractivity contribution in [2.24, 2.45) is 5.92 Å². The maximum atomic E-state index is 12.0. The Kier molecular flexibility index (Phi) is 5.41. The van der Waals surface area contributed by atoms with Crippen LogP contribution in [0.4, 0.5) is 5.69 Å². The second-order valence-electron chi connectivity index (χ2n) is 5.46. The minimum Gasteiger partial charge on any atom is -0.396 e. The summed E-state index contributed by atoms with van der Waals surface area (Å²) in [6.07, 6.45) is 2.26. The third kappa shape index (κ3) is 3.73. The monoisotopic (exact) mass is 276 g/mol. The second kappa shape index (κ2) is 7.29. The van der Waals surface area contributed by atoms with Crippen LogP contribution in [0.1, 0.15) is 37.7 Å². The highest BCUT2D eigenvalue weighted by atomic mass is 16.3. The summed E-state index contributed by atoms with van der Waals surface area (Å²) in [6, 6.07) is 8.18. The molecule has 4 heteroatoms. The quantitative estimate of drug-likeness (QED) is 0.715. The van der Waals surface area contributed by atoms with E-state index >= 15 is 0 Å². The third-order valence-electron chi connectivity index (χ3n) is 4.07. The molecule has 0 fully saturated rings. The molecule has 2 atom stereocenters. The average molecular weight is 276 g/mol. The predicted molar refractivity (Wildman–Crippen MR) is 80.8 cm³/mol. The van der Waals surface area contributed by atoms with Crippen molar-refractivity contribution in [1.82, 2.24) is 5.32 Å². The maximum Gasteiger partial charge on any atom is 0.220 e. The average Bonchev–Trinajstić information content (AvgIpc) is 2.87. The zero-order chi connectivity index (χ0) is 14.4. The number of amides is 1. The van der Waals surface area contributed by atoms with E-state index in [0.717, 1.165) is 25.1 Å². The van der Waals surface area contributed by atoms with Gasteiger partial charge in [-0.2, -0.15) is 0 Å². The van der Waals surface area contributed by atoms with E-state index in [1.54, 1.807) is 0 Å². The topological polar surface area (TPSA) is 61.4 Å². The summed E-state index contributed by atoms with van der Waals surface area (Å²) in [4.78, 5) is 12.0. The first-order valence-corrected chi connectivity index (χ1v) is 7.45. The number of rotatable bonds is 7. The lowest BCUT2D eigenvalue weighted by molar-refractivity contribution is -0.121. The van der Waals surface area contributed by atoms with Crippen molar-refractivity contribution < 1.29 is 9.90 Å². The molecule has 1 heterocycles. The number of aliphatic hydroxyl groups is 1. The number of fused-ring (bicyclic) bond motifs is 1. The van der Waals surface area contributed by atoms with E-state index in [2.05, 4.69) is 29.7 Å². The van der Waals surface area contributed by atoms with Crippen molar-refractivity contribution >= 4 is 11.6 Å². The molecule has 1 aromatic rings. The highest BCUT2D eigenvalue weighted by molar-refractivity contribution is 5.78. The largest absolute Gasteiger partial charge is 0.396 e. The second-order valence-corrected chi connectivity index (χ2v) is 5.46. The molecule has 1 amide bonds. The van der Waals surface area contributed by atoms with Crippen molar-refractivity contribution in [3.05, 3.63) is 29.8 Å². The number of hydrogen-bond acceptors (Lipinski definition) is 3. The molecule has 0 bridgehead atoms. The molecule has 2 unspecified atom stereocenters. The number of benzene rings is 1. The van der Waals surface area contributed by atoms with Crippen molar-refractivity contribution in [1.29, 1.82) is 0 Å². The summed E-state index contributed by atoms with van der Waals surface area (Å²) < 4.78 is 0. The van der Waals surface area contributed by atoms with Gasteiger partial charge in [0.25, 0.3) is 0 Å². The SMILES string of the molecule is CCC(CCO)CNC(=O)CC1CNc2ccccc21. The Bertz CT molecular complexity index is 448. The van der Waals surface area contributed by atoms with Crippen molar-refractivity contribution in [3.63, 3.8) is 0 Å². The highest BCUT2D eigenvalue weighted by Gasteiger charge is 2.24. The molecular formula is C16H24N2O2. The van der Waals surface area contributed by atoms with Gasteiger partial charge in [-0.05, 0) is 24.0 Å². The summed E-state index contributed by atoms with van der Waals surface area (Å²) in [5.41, 5.74) is 2.39. The van der Waals surface area contributed by atoms with E-state index in [4.69, 9.17) is 5.11 Å². The van der Waals surface area contributed by atoms with Gasteiger partial charge in [-0.1, -0.05) is 31.5 Å². The van der Waals surface area contributed by atoms with Gasteiger partial charge in [0.2, 0.25) is 5.91 Å². The lowest BCUT2D eigenvalue weighted by atomic mass is 9.97. The van der Waals surface area contributed by atoms with Gasteiger partial charge in [-0.15, -0.1) is 0 Å². The molecule has 1 aliphatic rings. The predicted octanol–water partition coefficient (Wildman–Crippen LogP) is 2.11. The molecule has 0 aromatic heterocycles. The summed E-state index contributed by atoms with van der Waals surface area (Å²) in [6.45, 7) is 3.77. The molecule has 110 valence electrons. The van der Waals surface area contributed by atoms with Gasteiger partial charge in [0, 0.05) is 37.7 Å². The molecule has 20 heavy (non-hydrogen) atoms. The lowest BCUT2D eigenvalue weighted by Gasteiger charge is -2.15. The number of anilines is 1. The number of aliphatic hydroxyl groups excluding tert-OH is 1. The first-order valence-electron chi connectivity index (χ1n) is 7.45. The first-order chi connectivity index (χ1) is 9.74. The van der Waals surface area contributed by atoms with Gasteiger partial charge < -0.3 is 15.7 Å². The summed E-state index contributed by atoms with van der Waals surface area (Å²) >= 11 is 0. The van der Waals surface area contributed by atoms with Crippen LogP contribution in [-0.4, -0.2) is 30.7 Å². The maximum absolute atomic E-state index is 12.0. The molecule has 0 spiro atoms. The van der Waals surface area contributed by atoms with E-state index < -0.39 is 0 Å². The van der Waals surface area contributed by atoms with Crippen LogP contribution in [0.25, 0.3) is 0 Å². The van der Waals surface area contributed by atoms with Gasteiger partial charge in [-0.3, -0.25) is 4.79 Å². The van der Waals surface area contributed by atoms with Crippen LogP contribution in [0.2, 0.25) is 0 Å². The zero-order valence-electron chi connectivity index (χ0n) is 12.1. The Labute approximate surface area is 120 Å². The molecule has 0 saturated heterocycles. The number of para-hydroxylation sites is 1. The van der Waals surface area contributed by atoms with Crippen molar-refractivity contribution in [2.75, 3.05) is 25.0 Å². The standard InChI is InChI=1S/C16H24N2O2/c1-2-12(7-8-19)10-18-16(20)9-13-11-17-15-6-4-3-5-14(13)15/h3-6,12-13,17,19H,2,7-11H2,1H3,(H,18,20). The van der Waals surface area contributed by atoms with Gasteiger partial charge in [0.1, 0.15) is 0 Å². The minimum absolute atomic E-state index is 0.102. The van der Waals surface area contributed by atoms with Gasteiger partial charge in [0.15, 0.2) is 0 Å². The molecule has 1 aromatic carbocycles. The van der Waals surface area contributed by atoms with Crippen LogP contribution in [0.5, 0.6) is 0 Å². The summed E-state index contributed by atoms with van der Waals surface area (Å²) in [5, 5.41) is 15.3. The molecular weight excluding hydrogens is 252 g/mol. The summed E-state index contributed by atoms with van der Waals surface area (Å²) in [7, 11) is 0. The van der Waals surface area contributed by atoms with Gasteiger partial charge in [0.05, 0.1) is 0 Å². The van der Waals surface area contributed by atoms with E-state index in [1.807, 2.05) is 12.1 Å². The van der Waals surface area contributed by atoms with E-state index in [-0.39, 0.29) is 18.4 Å². The van der Waals surface area contributed by atoms with Crippen LogP contribution in [0.3, 0.4) is 0 Å². The molecule has 0 radical (unpaired) electrons. The van der Waals surface area contributed by atoms with Crippen LogP contribution < -0.4 is 10.6 Å². The van der Waals surface area contributed by atoms with Gasteiger partial charge >= 0.3 is 0 Å². The summed E-state index contributed by atoms with van der Waals surface area (Å²) in [5.74, 6) is 0.743. The van der Waals surface area contributed by atoms with Crippen molar-refractivity contribution in [3.8, 4) is 0 Å². The Balaban J connectivity index is 1.81. The normalized spacial score (nSPS) is 18.2. The number of carbonyl (C=O) groups is 1. The molecule has 0 aliphatic carbocycles. The Hall–Kier alpha value is -1.55. The number of carbonyl (C=O) groups excluding carboxylic acids is 1. The van der Waals surface area contributed by atoms with Crippen LogP contribution in [0, 0.1) is 5.92 Å². The smallest absolute Gasteiger partial charge is 0.220 e. The van der Waals surface area contributed by atoms with Crippen LogP contribution in [0.15, 0.2) is 24.3 Å². The van der Waals surface area contributed by atoms with E-state index in [1.165, 1.54) is 5.56 Å². The number of nitrogens with one attached hydrogen (secondary N) is 2. The van der Waals surface area contributed by atoms with E-state index in [0.29, 0.717) is 18.9 Å². The fourth-order valence-corrected chi connectivity index (χ4v) is 2.73.